The first-order chi connectivity index (χ1) is 10.5. The van der Waals surface area contributed by atoms with E-state index in [1.54, 1.807) is 23.3 Å². The van der Waals surface area contributed by atoms with Gasteiger partial charge < -0.3 is 14.7 Å². The van der Waals surface area contributed by atoms with Crippen LogP contribution in [-0.2, 0) is 14.8 Å². The number of likely N-dealkylation sites (N-methyl/N-ethyl adjacent to an activating group) is 1. The Labute approximate surface area is 130 Å². The molecule has 0 atom stereocenters. The summed E-state index contributed by atoms with van der Waals surface area (Å²) >= 11 is 0. The molecule has 3 aliphatic rings. The predicted octanol–water partition coefficient (Wildman–Crippen LogP) is -0.352. The van der Waals surface area contributed by atoms with Crippen LogP contribution in [0.3, 0.4) is 0 Å². The van der Waals surface area contributed by atoms with Gasteiger partial charge in [-0.3, -0.25) is 4.79 Å². The van der Waals surface area contributed by atoms with E-state index >= 15 is 0 Å². The molecular weight excluding hydrogens is 304 g/mol. The molecule has 3 aliphatic heterocycles. The zero-order chi connectivity index (χ0) is 15.7. The Morgan fingerprint density at radius 3 is 2.59 bits per heavy atom. The summed E-state index contributed by atoms with van der Waals surface area (Å²) in [6.07, 6.45) is 4.97. The normalized spacial score (nSPS) is 24.6. The maximum absolute atomic E-state index is 12.6. The number of hydrogen-bond acceptors (Lipinski definition) is 5. The Kier molecular flexibility index (Phi) is 4.05. The largest absolute Gasteiger partial charge is 0.336 e. The van der Waals surface area contributed by atoms with Gasteiger partial charge in [0, 0.05) is 38.9 Å². The van der Waals surface area contributed by atoms with Crippen LogP contribution in [0.5, 0.6) is 0 Å². The number of amides is 1. The highest BCUT2D eigenvalue weighted by Gasteiger charge is 2.27. The first-order valence-electron chi connectivity index (χ1n) is 7.49. The Bertz CT molecular complexity index is 658. The summed E-state index contributed by atoms with van der Waals surface area (Å²) in [7, 11) is -3.36. The Morgan fingerprint density at radius 2 is 1.91 bits per heavy atom. The molecule has 0 saturated carbocycles. The maximum Gasteiger partial charge on any atom is 0.256 e. The molecule has 7 nitrogen and oxygen atoms in total. The lowest BCUT2D eigenvalue weighted by molar-refractivity contribution is -0.128. The molecule has 1 fully saturated rings. The average Bonchev–Trinajstić information content (AvgIpc) is 2.53. The Morgan fingerprint density at radius 1 is 1.18 bits per heavy atom. The van der Waals surface area contributed by atoms with E-state index in [2.05, 4.69) is 16.2 Å². The molecule has 0 N–H and O–H groups in total. The SMILES string of the molecule is CCN1CCN(C(=O)C2=CN3CCS(=O)(=O)N=C3C=C2)CC1. The van der Waals surface area contributed by atoms with Crippen molar-refractivity contribution in [3.63, 3.8) is 0 Å². The first-order valence-corrected chi connectivity index (χ1v) is 9.10. The molecule has 3 rings (SSSR count). The third-order valence-corrected chi connectivity index (χ3v) is 5.34. The highest BCUT2D eigenvalue weighted by atomic mass is 32.2. The van der Waals surface area contributed by atoms with E-state index in [0.717, 1.165) is 32.7 Å². The smallest absolute Gasteiger partial charge is 0.256 e. The quantitative estimate of drug-likeness (QED) is 0.694. The van der Waals surface area contributed by atoms with Gasteiger partial charge in [0.25, 0.3) is 15.9 Å². The molecule has 1 amide bonds. The van der Waals surface area contributed by atoms with Crippen molar-refractivity contribution in [1.29, 1.82) is 0 Å². The van der Waals surface area contributed by atoms with Crippen LogP contribution in [0, 0.1) is 0 Å². The van der Waals surface area contributed by atoms with Crippen LogP contribution in [0.2, 0.25) is 0 Å². The lowest BCUT2D eigenvalue weighted by atomic mass is 10.1. The standard InChI is InChI=1S/C14H20N4O3S/c1-2-16-5-7-17(8-6-16)14(19)12-3-4-13-15-22(20,21)10-9-18(13)11-12/h3-4,11H,2,5-10H2,1H3. The lowest BCUT2D eigenvalue weighted by Crippen LogP contribution is -2.49. The van der Waals surface area contributed by atoms with E-state index < -0.39 is 10.0 Å². The summed E-state index contributed by atoms with van der Waals surface area (Å²) in [5.74, 6) is 0.371. The van der Waals surface area contributed by atoms with E-state index in [9.17, 15) is 13.2 Å². The molecule has 3 heterocycles. The summed E-state index contributed by atoms with van der Waals surface area (Å²) in [6.45, 7) is 6.72. The molecule has 0 spiro atoms. The van der Waals surface area contributed by atoms with Crippen LogP contribution >= 0.6 is 0 Å². The van der Waals surface area contributed by atoms with Crippen molar-refractivity contribution in [2.45, 2.75) is 6.92 Å². The third-order valence-electron chi connectivity index (χ3n) is 4.18. The third kappa shape index (κ3) is 3.07. The molecule has 0 aliphatic carbocycles. The highest BCUT2D eigenvalue weighted by Crippen LogP contribution is 2.18. The van der Waals surface area contributed by atoms with Gasteiger partial charge in [-0.25, -0.2) is 8.42 Å². The number of piperazine rings is 1. The lowest BCUT2D eigenvalue weighted by Gasteiger charge is -2.35. The fourth-order valence-corrected chi connectivity index (χ4v) is 3.75. The number of rotatable bonds is 2. The van der Waals surface area contributed by atoms with Crippen molar-refractivity contribution >= 4 is 21.8 Å². The minimum absolute atomic E-state index is 0.000478. The van der Waals surface area contributed by atoms with Crippen LogP contribution in [0.25, 0.3) is 0 Å². The summed E-state index contributed by atoms with van der Waals surface area (Å²) in [4.78, 5) is 18.5. The maximum atomic E-state index is 12.6. The second-order valence-electron chi connectivity index (χ2n) is 5.57. The second-order valence-corrected chi connectivity index (χ2v) is 7.33. The van der Waals surface area contributed by atoms with Gasteiger partial charge in [-0.15, -0.1) is 4.40 Å². The molecule has 8 heteroatoms. The minimum Gasteiger partial charge on any atom is -0.336 e. The monoisotopic (exact) mass is 324 g/mol. The van der Waals surface area contributed by atoms with Crippen molar-refractivity contribution in [3.8, 4) is 0 Å². The van der Waals surface area contributed by atoms with E-state index in [1.807, 2.05) is 4.90 Å². The second kappa shape index (κ2) is 5.85. The molecule has 0 aromatic heterocycles. The van der Waals surface area contributed by atoms with E-state index in [0.29, 0.717) is 18.0 Å². The fourth-order valence-electron chi connectivity index (χ4n) is 2.78. The van der Waals surface area contributed by atoms with Gasteiger partial charge in [-0.1, -0.05) is 6.92 Å². The van der Waals surface area contributed by atoms with Gasteiger partial charge in [-0.2, -0.15) is 0 Å². The molecule has 1 saturated heterocycles. The summed E-state index contributed by atoms with van der Waals surface area (Å²) in [5.41, 5.74) is 0.586. The minimum atomic E-state index is -3.36. The average molecular weight is 324 g/mol. The topological polar surface area (TPSA) is 73.3 Å². The predicted molar refractivity (Wildman–Crippen MR) is 83.8 cm³/mol. The molecule has 0 bridgehead atoms. The Balaban J connectivity index is 1.71. The van der Waals surface area contributed by atoms with Crippen LogP contribution < -0.4 is 0 Å². The Hall–Kier alpha value is -1.67. The van der Waals surface area contributed by atoms with Crippen molar-refractivity contribution in [1.82, 2.24) is 14.7 Å². The number of hydrogen-bond donors (Lipinski definition) is 0. The van der Waals surface area contributed by atoms with E-state index in [1.165, 1.54) is 0 Å². The summed E-state index contributed by atoms with van der Waals surface area (Å²) in [6, 6.07) is 0. The molecular formula is C14H20N4O3S. The number of amidine groups is 1. The zero-order valence-corrected chi connectivity index (χ0v) is 13.4. The number of sulfonamides is 1. The highest BCUT2D eigenvalue weighted by molar-refractivity contribution is 7.90. The van der Waals surface area contributed by atoms with Crippen LogP contribution in [0.1, 0.15) is 6.92 Å². The number of nitrogens with zero attached hydrogens (tertiary/aromatic N) is 4. The fraction of sp³-hybridized carbons (Fsp3) is 0.571. The van der Waals surface area contributed by atoms with Crippen molar-refractivity contribution in [2.24, 2.45) is 4.40 Å². The van der Waals surface area contributed by atoms with E-state index in [-0.39, 0.29) is 11.7 Å². The van der Waals surface area contributed by atoms with Gasteiger partial charge in [0.2, 0.25) is 0 Å². The molecule has 0 radical (unpaired) electrons. The summed E-state index contributed by atoms with van der Waals surface area (Å²) in [5, 5.41) is 0. The first kappa shape index (κ1) is 15.2. The van der Waals surface area contributed by atoms with Crippen LogP contribution in [0.4, 0.5) is 0 Å². The van der Waals surface area contributed by atoms with Gasteiger partial charge in [-0.05, 0) is 18.7 Å². The van der Waals surface area contributed by atoms with Crippen LogP contribution in [0.15, 0.2) is 28.3 Å². The van der Waals surface area contributed by atoms with Crippen LogP contribution in [-0.4, -0.2) is 79.9 Å². The zero-order valence-electron chi connectivity index (χ0n) is 12.6. The van der Waals surface area contributed by atoms with E-state index in [4.69, 9.17) is 0 Å². The number of carbonyl (C=O) groups excluding carboxylic acids is 1. The summed E-state index contributed by atoms with van der Waals surface area (Å²) < 4.78 is 26.7. The van der Waals surface area contributed by atoms with Gasteiger partial charge in [0.1, 0.15) is 5.84 Å². The number of fused-ring (bicyclic) bond motifs is 1. The molecule has 0 aromatic rings. The van der Waals surface area contributed by atoms with Gasteiger partial charge >= 0.3 is 0 Å². The molecule has 22 heavy (non-hydrogen) atoms. The molecule has 0 unspecified atom stereocenters. The van der Waals surface area contributed by atoms with Gasteiger partial charge in [0.05, 0.1) is 11.3 Å². The van der Waals surface area contributed by atoms with Gasteiger partial charge in [0.15, 0.2) is 0 Å². The molecule has 120 valence electrons. The number of carbonyl (C=O) groups is 1. The molecule has 0 aromatic carbocycles. The van der Waals surface area contributed by atoms with Crippen molar-refractivity contribution < 1.29 is 13.2 Å². The van der Waals surface area contributed by atoms with Crippen molar-refractivity contribution in [2.75, 3.05) is 45.0 Å². The van der Waals surface area contributed by atoms with Crippen molar-refractivity contribution in [3.05, 3.63) is 23.9 Å².